The zero-order valence-corrected chi connectivity index (χ0v) is 16.4. The first-order chi connectivity index (χ1) is 12.2. The molecule has 0 saturated heterocycles. The van der Waals surface area contributed by atoms with Crippen molar-refractivity contribution in [2.75, 3.05) is 6.26 Å². The molecule has 0 aromatic heterocycles. The highest BCUT2D eigenvalue weighted by Gasteiger charge is 2.23. The van der Waals surface area contributed by atoms with E-state index >= 15 is 0 Å². The molecule has 0 unspecified atom stereocenters. The Morgan fingerprint density at radius 1 is 1.15 bits per heavy atom. The summed E-state index contributed by atoms with van der Waals surface area (Å²) in [5, 5.41) is 2.95. The van der Waals surface area contributed by atoms with Gasteiger partial charge in [-0.25, -0.2) is 13.2 Å². The standard InChI is InChI=1S/C19H27NO5S/c1-13-10-11-16(26(3,23)24)12-17(13)19(22)25-14(2)18(21)20-15-8-6-4-5-7-9-15/h10-12,14-15H,4-9H2,1-3H3,(H,20,21)/t14-/m0/s1. The summed E-state index contributed by atoms with van der Waals surface area (Å²) in [7, 11) is -3.43. The molecule has 1 aromatic rings. The number of carbonyl (C=O) groups is 2. The van der Waals surface area contributed by atoms with E-state index in [-0.39, 0.29) is 22.4 Å². The van der Waals surface area contributed by atoms with Crippen molar-refractivity contribution in [2.45, 2.75) is 69.4 Å². The van der Waals surface area contributed by atoms with Crippen LogP contribution in [0.15, 0.2) is 23.1 Å². The molecule has 1 fully saturated rings. The second-order valence-corrected chi connectivity index (χ2v) is 9.01. The third kappa shape index (κ3) is 5.56. The smallest absolute Gasteiger partial charge is 0.339 e. The minimum atomic E-state index is -3.43. The van der Waals surface area contributed by atoms with Gasteiger partial charge in [-0.1, -0.05) is 31.7 Å². The molecule has 144 valence electrons. The normalized spacial score (nSPS) is 17.2. The van der Waals surface area contributed by atoms with Crippen LogP contribution < -0.4 is 5.32 Å². The largest absolute Gasteiger partial charge is 0.449 e. The zero-order chi connectivity index (χ0) is 19.3. The van der Waals surface area contributed by atoms with Gasteiger partial charge in [0.05, 0.1) is 10.5 Å². The number of carbonyl (C=O) groups excluding carboxylic acids is 2. The van der Waals surface area contributed by atoms with Gasteiger partial charge in [0, 0.05) is 12.3 Å². The van der Waals surface area contributed by atoms with E-state index in [0.717, 1.165) is 31.9 Å². The van der Waals surface area contributed by atoms with E-state index in [1.165, 1.54) is 31.9 Å². The van der Waals surface area contributed by atoms with Crippen LogP contribution in [0.25, 0.3) is 0 Å². The van der Waals surface area contributed by atoms with Gasteiger partial charge in [0.2, 0.25) is 0 Å². The number of nitrogens with one attached hydrogen (secondary N) is 1. The number of hydrogen-bond acceptors (Lipinski definition) is 5. The van der Waals surface area contributed by atoms with Gasteiger partial charge in [0.1, 0.15) is 0 Å². The summed E-state index contributed by atoms with van der Waals surface area (Å²) in [4.78, 5) is 24.8. The number of aryl methyl sites for hydroxylation is 1. The second-order valence-electron chi connectivity index (χ2n) is 6.99. The maximum absolute atomic E-state index is 12.4. The second kappa shape index (κ2) is 8.66. The average Bonchev–Trinajstić information content (AvgIpc) is 2.82. The number of hydrogen-bond donors (Lipinski definition) is 1. The molecule has 1 aliphatic rings. The molecule has 1 aromatic carbocycles. The lowest BCUT2D eigenvalue weighted by molar-refractivity contribution is -0.129. The molecule has 7 heteroatoms. The Morgan fingerprint density at radius 2 is 1.77 bits per heavy atom. The Hall–Kier alpha value is -1.89. The molecule has 0 radical (unpaired) electrons. The highest BCUT2D eigenvalue weighted by Crippen LogP contribution is 2.19. The minimum absolute atomic E-state index is 0.0469. The number of rotatable bonds is 5. The van der Waals surface area contributed by atoms with Crippen molar-refractivity contribution in [2.24, 2.45) is 0 Å². The molecule has 1 amide bonds. The SMILES string of the molecule is Cc1ccc(S(C)(=O)=O)cc1C(=O)O[C@@H](C)C(=O)NC1CCCCCC1. The van der Waals surface area contributed by atoms with Crippen LogP contribution in [0.1, 0.15) is 61.4 Å². The molecular formula is C19H27NO5S. The maximum atomic E-state index is 12.4. The number of esters is 1. The summed E-state index contributed by atoms with van der Waals surface area (Å²) in [6, 6.07) is 4.43. The van der Waals surface area contributed by atoms with Crippen molar-refractivity contribution >= 4 is 21.7 Å². The number of amides is 1. The fraction of sp³-hybridized carbons (Fsp3) is 0.579. The highest BCUT2D eigenvalue weighted by molar-refractivity contribution is 7.90. The fourth-order valence-corrected chi connectivity index (χ4v) is 3.72. The topological polar surface area (TPSA) is 89.5 Å². The Kier molecular flexibility index (Phi) is 6.81. The van der Waals surface area contributed by atoms with Crippen LogP contribution in [-0.2, 0) is 19.4 Å². The van der Waals surface area contributed by atoms with Gasteiger partial charge in [-0.05, 0) is 44.4 Å². The van der Waals surface area contributed by atoms with Crippen LogP contribution in [-0.4, -0.2) is 38.7 Å². The number of ether oxygens (including phenoxy) is 1. The third-order valence-corrected chi connectivity index (χ3v) is 5.82. The monoisotopic (exact) mass is 381 g/mol. The van der Waals surface area contributed by atoms with Gasteiger partial charge in [0.15, 0.2) is 15.9 Å². The van der Waals surface area contributed by atoms with Crippen LogP contribution in [0.4, 0.5) is 0 Å². The first-order valence-electron chi connectivity index (χ1n) is 9.00. The van der Waals surface area contributed by atoms with Crippen LogP contribution in [0.2, 0.25) is 0 Å². The molecule has 0 aliphatic heterocycles. The van der Waals surface area contributed by atoms with Crippen molar-refractivity contribution < 1.29 is 22.7 Å². The number of sulfone groups is 1. The molecular weight excluding hydrogens is 354 g/mol. The van der Waals surface area contributed by atoms with Crippen molar-refractivity contribution in [3.05, 3.63) is 29.3 Å². The molecule has 6 nitrogen and oxygen atoms in total. The van der Waals surface area contributed by atoms with Crippen molar-refractivity contribution in [1.29, 1.82) is 0 Å². The molecule has 26 heavy (non-hydrogen) atoms. The van der Waals surface area contributed by atoms with Crippen molar-refractivity contribution in [3.8, 4) is 0 Å². The van der Waals surface area contributed by atoms with Crippen LogP contribution in [0, 0.1) is 6.92 Å². The lowest BCUT2D eigenvalue weighted by Gasteiger charge is -2.20. The first-order valence-corrected chi connectivity index (χ1v) is 10.9. The van der Waals surface area contributed by atoms with Crippen molar-refractivity contribution in [1.82, 2.24) is 5.32 Å². The Labute approximate surface area is 155 Å². The Morgan fingerprint density at radius 3 is 2.35 bits per heavy atom. The van der Waals surface area contributed by atoms with Crippen LogP contribution in [0.3, 0.4) is 0 Å². The Balaban J connectivity index is 2.03. The molecule has 2 rings (SSSR count). The van der Waals surface area contributed by atoms with Crippen LogP contribution in [0.5, 0.6) is 0 Å². The zero-order valence-electron chi connectivity index (χ0n) is 15.6. The summed E-state index contributed by atoms with van der Waals surface area (Å²) < 4.78 is 28.6. The predicted octanol–water partition coefficient (Wildman–Crippen LogP) is 2.78. The summed E-state index contributed by atoms with van der Waals surface area (Å²) in [6.45, 7) is 3.22. The summed E-state index contributed by atoms with van der Waals surface area (Å²) >= 11 is 0. The summed E-state index contributed by atoms with van der Waals surface area (Å²) in [5.41, 5.74) is 0.751. The molecule has 1 N–H and O–H groups in total. The van der Waals surface area contributed by atoms with Gasteiger partial charge >= 0.3 is 5.97 Å². The van der Waals surface area contributed by atoms with E-state index in [1.54, 1.807) is 13.0 Å². The van der Waals surface area contributed by atoms with E-state index < -0.39 is 21.9 Å². The van der Waals surface area contributed by atoms with Gasteiger partial charge in [0.25, 0.3) is 5.91 Å². The molecule has 1 atom stereocenters. The lowest BCUT2D eigenvalue weighted by atomic mass is 10.1. The molecule has 1 saturated carbocycles. The maximum Gasteiger partial charge on any atom is 0.339 e. The van der Waals surface area contributed by atoms with Gasteiger partial charge in [-0.3, -0.25) is 4.79 Å². The Bertz CT molecular complexity index is 764. The minimum Gasteiger partial charge on any atom is -0.449 e. The summed E-state index contributed by atoms with van der Waals surface area (Å²) in [6.07, 6.45) is 6.60. The lowest BCUT2D eigenvalue weighted by Crippen LogP contribution is -2.41. The molecule has 0 heterocycles. The van der Waals surface area contributed by atoms with Crippen LogP contribution >= 0.6 is 0 Å². The van der Waals surface area contributed by atoms with Gasteiger partial charge in [-0.2, -0.15) is 0 Å². The van der Waals surface area contributed by atoms with E-state index in [1.807, 2.05) is 0 Å². The van der Waals surface area contributed by atoms with E-state index in [2.05, 4.69) is 5.32 Å². The quantitative estimate of drug-likeness (QED) is 0.626. The predicted molar refractivity (Wildman–Crippen MR) is 98.8 cm³/mol. The number of benzene rings is 1. The van der Waals surface area contributed by atoms with Gasteiger partial charge < -0.3 is 10.1 Å². The van der Waals surface area contributed by atoms with Crippen molar-refractivity contribution in [3.63, 3.8) is 0 Å². The summed E-state index contributed by atoms with van der Waals surface area (Å²) in [5.74, 6) is -1.02. The van der Waals surface area contributed by atoms with E-state index in [9.17, 15) is 18.0 Å². The first kappa shape index (κ1) is 20.4. The molecule has 1 aliphatic carbocycles. The molecule has 0 bridgehead atoms. The fourth-order valence-electron chi connectivity index (χ4n) is 3.07. The van der Waals surface area contributed by atoms with E-state index in [0.29, 0.717) is 5.56 Å². The highest BCUT2D eigenvalue weighted by atomic mass is 32.2. The average molecular weight is 381 g/mol. The molecule has 0 spiro atoms. The third-order valence-electron chi connectivity index (χ3n) is 4.71. The van der Waals surface area contributed by atoms with E-state index in [4.69, 9.17) is 4.74 Å². The van der Waals surface area contributed by atoms with Gasteiger partial charge in [-0.15, -0.1) is 0 Å².